The van der Waals surface area contributed by atoms with E-state index in [0.29, 0.717) is 5.92 Å². The molecule has 92 valence electrons. The van der Waals surface area contributed by atoms with Crippen LogP contribution in [-0.4, -0.2) is 23.7 Å². The summed E-state index contributed by atoms with van der Waals surface area (Å²) in [5.74, 6) is -0.280. The van der Waals surface area contributed by atoms with Crippen molar-refractivity contribution in [2.45, 2.75) is 32.2 Å². The highest BCUT2D eigenvalue weighted by atomic mass is 16.4. The van der Waals surface area contributed by atoms with Gasteiger partial charge in [0.25, 0.3) is 0 Å². The topological polar surface area (TPSA) is 49.3 Å². The van der Waals surface area contributed by atoms with Crippen molar-refractivity contribution in [3.8, 4) is 0 Å². The predicted molar refractivity (Wildman–Crippen MR) is 67.1 cm³/mol. The summed E-state index contributed by atoms with van der Waals surface area (Å²) in [5, 5.41) is 12.0. The summed E-state index contributed by atoms with van der Waals surface area (Å²) >= 11 is 0. The van der Waals surface area contributed by atoms with Crippen molar-refractivity contribution in [2.24, 2.45) is 5.92 Å². The zero-order valence-corrected chi connectivity index (χ0v) is 10.1. The molecule has 3 nitrogen and oxygen atoms in total. The number of hydrogen-bond acceptors (Lipinski definition) is 2. The summed E-state index contributed by atoms with van der Waals surface area (Å²) in [6, 6.07) is 8.23. The molecule has 17 heavy (non-hydrogen) atoms. The highest BCUT2D eigenvalue weighted by Gasteiger charge is 2.28. The summed E-state index contributed by atoms with van der Waals surface area (Å²) in [6.45, 7) is 2.96. The molecule has 0 aliphatic carbocycles. The van der Waals surface area contributed by atoms with Gasteiger partial charge in [-0.3, -0.25) is 4.79 Å². The number of carbonyl (C=O) groups is 1. The van der Waals surface area contributed by atoms with Gasteiger partial charge in [-0.1, -0.05) is 31.2 Å². The maximum absolute atomic E-state index is 10.8. The third-order valence-electron chi connectivity index (χ3n) is 3.44. The van der Waals surface area contributed by atoms with Crippen molar-refractivity contribution < 1.29 is 9.90 Å². The van der Waals surface area contributed by atoms with Crippen molar-refractivity contribution in [3.63, 3.8) is 0 Å². The van der Waals surface area contributed by atoms with Gasteiger partial charge in [0, 0.05) is 0 Å². The molecule has 1 aliphatic rings. The van der Waals surface area contributed by atoms with E-state index in [-0.39, 0.29) is 6.04 Å². The van der Waals surface area contributed by atoms with Gasteiger partial charge in [-0.05, 0) is 42.9 Å². The van der Waals surface area contributed by atoms with Crippen LogP contribution in [0, 0.1) is 5.92 Å². The van der Waals surface area contributed by atoms with Crippen LogP contribution < -0.4 is 5.32 Å². The number of hydrogen-bond donors (Lipinski definition) is 2. The minimum absolute atomic E-state index is 0.352. The van der Waals surface area contributed by atoms with Crippen LogP contribution in [0.1, 0.15) is 24.5 Å². The first-order chi connectivity index (χ1) is 8.19. The van der Waals surface area contributed by atoms with Gasteiger partial charge >= 0.3 is 5.97 Å². The highest BCUT2D eigenvalue weighted by molar-refractivity contribution is 5.73. The van der Waals surface area contributed by atoms with Gasteiger partial charge in [0.2, 0.25) is 0 Å². The Hall–Kier alpha value is -1.35. The molecule has 0 amide bonds. The number of rotatable bonds is 4. The third-order valence-corrected chi connectivity index (χ3v) is 3.44. The molecule has 0 aromatic heterocycles. The van der Waals surface area contributed by atoms with Crippen LogP contribution in [0.15, 0.2) is 24.3 Å². The van der Waals surface area contributed by atoms with Crippen LogP contribution in [0.4, 0.5) is 0 Å². The van der Waals surface area contributed by atoms with Gasteiger partial charge in [0.05, 0.1) is 0 Å². The first kappa shape index (κ1) is 12.1. The summed E-state index contributed by atoms with van der Waals surface area (Å²) in [4.78, 5) is 10.8. The molecule has 1 saturated heterocycles. The minimum Gasteiger partial charge on any atom is -0.480 e. The normalized spacial score (nSPS) is 23.8. The Labute approximate surface area is 102 Å². The van der Waals surface area contributed by atoms with Crippen molar-refractivity contribution in [1.29, 1.82) is 0 Å². The van der Waals surface area contributed by atoms with E-state index in [9.17, 15) is 4.79 Å². The first-order valence-electron chi connectivity index (χ1n) is 6.23. The molecule has 2 rings (SSSR count). The number of aliphatic carboxylic acids is 1. The second-order valence-corrected chi connectivity index (χ2v) is 4.78. The average molecular weight is 233 g/mol. The predicted octanol–water partition coefficient (Wildman–Crippen LogP) is 1.85. The van der Waals surface area contributed by atoms with Gasteiger partial charge in [-0.25, -0.2) is 0 Å². The lowest BCUT2D eigenvalue weighted by molar-refractivity contribution is -0.139. The molecule has 0 radical (unpaired) electrons. The van der Waals surface area contributed by atoms with E-state index in [1.807, 2.05) is 0 Å². The van der Waals surface area contributed by atoms with Crippen molar-refractivity contribution in [1.82, 2.24) is 5.32 Å². The minimum atomic E-state index is -0.727. The second kappa shape index (κ2) is 5.32. The number of aryl methyl sites for hydroxylation is 1. The van der Waals surface area contributed by atoms with Crippen LogP contribution in [0.3, 0.4) is 0 Å². The SMILES string of the molecule is CCc1cccc(C[C@@H]2CN[C@H](C(=O)O)C2)c1. The van der Waals surface area contributed by atoms with Crippen molar-refractivity contribution >= 4 is 5.97 Å². The van der Waals surface area contributed by atoms with Gasteiger partial charge in [0.15, 0.2) is 0 Å². The standard InChI is InChI=1S/C14H19NO2/c1-2-10-4-3-5-11(6-10)7-12-8-13(14(16)17)15-9-12/h3-6,12-13,15H,2,7-9H2,1H3,(H,16,17)/t12-,13-/m0/s1. The van der Waals surface area contributed by atoms with Crippen molar-refractivity contribution in [3.05, 3.63) is 35.4 Å². The van der Waals surface area contributed by atoms with Gasteiger partial charge < -0.3 is 10.4 Å². The van der Waals surface area contributed by atoms with Crippen LogP contribution >= 0.6 is 0 Å². The summed E-state index contributed by atoms with van der Waals surface area (Å²) in [6.07, 6.45) is 2.77. The average Bonchev–Trinajstić information content (AvgIpc) is 2.78. The largest absolute Gasteiger partial charge is 0.480 e. The molecular formula is C14H19NO2. The molecule has 3 heteroatoms. The maximum Gasteiger partial charge on any atom is 0.320 e. The Kier molecular flexibility index (Phi) is 3.79. The van der Waals surface area contributed by atoms with Crippen LogP contribution in [0.25, 0.3) is 0 Å². The summed E-state index contributed by atoms with van der Waals surface area (Å²) < 4.78 is 0. The van der Waals surface area contributed by atoms with Crippen LogP contribution in [0.5, 0.6) is 0 Å². The maximum atomic E-state index is 10.8. The molecule has 2 atom stereocenters. The Morgan fingerprint density at radius 1 is 1.47 bits per heavy atom. The molecule has 0 bridgehead atoms. The van der Waals surface area contributed by atoms with E-state index >= 15 is 0 Å². The molecular weight excluding hydrogens is 214 g/mol. The second-order valence-electron chi connectivity index (χ2n) is 4.78. The van der Waals surface area contributed by atoms with E-state index in [2.05, 4.69) is 36.5 Å². The van der Waals surface area contributed by atoms with E-state index in [1.54, 1.807) is 0 Å². The van der Waals surface area contributed by atoms with E-state index in [1.165, 1.54) is 11.1 Å². The van der Waals surface area contributed by atoms with E-state index in [4.69, 9.17) is 5.11 Å². The lowest BCUT2D eigenvalue weighted by Gasteiger charge is -2.09. The summed E-state index contributed by atoms with van der Waals surface area (Å²) in [5.41, 5.74) is 2.67. The smallest absolute Gasteiger partial charge is 0.320 e. The Balaban J connectivity index is 1.95. The zero-order chi connectivity index (χ0) is 12.3. The Morgan fingerprint density at radius 2 is 2.24 bits per heavy atom. The molecule has 1 aromatic rings. The lowest BCUT2D eigenvalue weighted by Crippen LogP contribution is -2.29. The van der Waals surface area contributed by atoms with Gasteiger partial charge in [0.1, 0.15) is 6.04 Å². The quantitative estimate of drug-likeness (QED) is 0.834. The fourth-order valence-corrected chi connectivity index (χ4v) is 2.46. The molecule has 1 aliphatic heterocycles. The number of carboxylic acid groups (broad SMARTS) is 1. The molecule has 1 fully saturated rings. The number of benzene rings is 1. The van der Waals surface area contributed by atoms with Crippen LogP contribution in [-0.2, 0) is 17.6 Å². The van der Waals surface area contributed by atoms with E-state index in [0.717, 1.165) is 25.8 Å². The monoisotopic (exact) mass is 233 g/mol. The number of carboxylic acids is 1. The first-order valence-corrected chi connectivity index (χ1v) is 6.23. The Morgan fingerprint density at radius 3 is 2.88 bits per heavy atom. The highest BCUT2D eigenvalue weighted by Crippen LogP contribution is 2.20. The fraction of sp³-hybridized carbons (Fsp3) is 0.500. The Bertz CT molecular complexity index is 403. The summed E-state index contributed by atoms with van der Waals surface area (Å²) in [7, 11) is 0. The number of nitrogens with one attached hydrogen (secondary N) is 1. The molecule has 0 spiro atoms. The van der Waals surface area contributed by atoms with E-state index < -0.39 is 5.97 Å². The van der Waals surface area contributed by atoms with Crippen LogP contribution in [0.2, 0.25) is 0 Å². The zero-order valence-electron chi connectivity index (χ0n) is 10.1. The molecule has 2 N–H and O–H groups in total. The molecule has 0 unspecified atom stereocenters. The molecule has 1 aromatic carbocycles. The lowest BCUT2D eigenvalue weighted by atomic mass is 9.95. The molecule has 0 saturated carbocycles. The van der Waals surface area contributed by atoms with Gasteiger partial charge in [-0.15, -0.1) is 0 Å². The fourth-order valence-electron chi connectivity index (χ4n) is 2.46. The van der Waals surface area contributed by atoms with Gasteiger partial charge in [-0.2, -0.15) is 0 Å². The molecule has 1 heterocycles. The third kappa shape index (κ3) is 3.07. The van der Waals surface area contributed by atoms with Crippen molar-refractivity contribution in [2.75, 3.05) is 6.54 Å².